The van der Waals surface area contributed by atoms with Gasteiger partial charge in [0.1, 0.15) is 6.61 Å². The van der Waals surface area contributed by atoms with Crippen molar-refractivity contribution in [2.24, 2.45) is 0 Å². The van der Waals surface area contributed by atoms with Crippen LogP contribution in [0.25, 0.3) is 0 Å². The molecule has 3 rings (SSSR count). The van der Waals surface area contributed by atoms with Crippen molar-refractivity contribution < 1.29 is 23.8 Å². The molecule has 0 saturated heterocycles. The Morgan fingerprint density at radius 2 is 1.80 bits per heavy atom. The van der Waals surface area contributed by atoms with Gasteiger partial charge in [-0.2, -0.15) is 0 Å². The van der Waals surface area contributed by atoms with Gasteiger partial charge >= 0.3 is 5.97 Å². The molecule has 1 aromatic rings. The largest absolute Gasteiger partial charge is 0.485 e. The standard InChI is InChI=1S/C19H25NO5/c1-13(18(21)20-14-8-4-2-3-5-9-14)24-19(22)17-12-23-15-10-6-7-11-16(15)25-17/h6-7,10-11,13-14,17H,2-5,8-9,12H2,1H3,(H,20,21)/t13-,17+/m1/s1. The van der Waals surface area contributed by atoms with E-state index in [4.69, 9.17) is 14.2 Å². The van der Waals surface area contributed by atoms with Crippen molar-refractivity contribution in [1.29, 1.82) is 0 Å². The second-order valence-corrected chi connectivity index (χ2v) is 6.64. The van der Waals surface area contributed by atoms with Gasteiger partial charge in [-0.15, -0.1) is 0 Å². The molecule has 2 aliphatic rings. The highest BCUT2D eigenvalue weighted by molar-refractivity contribution is 5.85. The topological polar surface area (TPSA) is 73.9 Å². The Hall–Kier alpha value is -2.24. The molecule has 1 aliphatic heterocycles. The minimum absolute atomic E-state index is 0.0762. The number of hydrogen-bond donors (Lipinski definition) is 1. The summed E-state index contributed by atoms with van der Waals surface area (Å²) < 4.78 is 16.4. The van der Waals surface area contributed by atoms with E-state index in [2.05, 4.69) is 5.32 Å². The third-order valence-corrected chi connectivity index (χ3v) is 4.64. The number of hydrogen-bond acceptors (Lipinski definition) is 5. The monoisotopic (exact) mass is 347 g/mol. The molecule has 0 aromatic heterocycles. The van der Waals surface area contributed by atoms with E-state index >= 15 is 0 Å². The van der Waals surface area contributed by atoms with E-state index in [1.165, 1.54) is 12.8 Å². The number of benzene rings is 1. The lowest BCUT2D eigenvalue weighted by atomic mass is 10.1. The van der Waals surface area contributed by atoms with Crippen molar-refractivity contribution in [1.82, 2.24) is 5.32 Å². The van der Waals surface area contributed by atoms with Gasteiger partial charge in [0, 0.05) is 6.04 Å². The number of amides is 1. The van der Waals surface area contributed by atoms with E-state index in [0.717, 1.165) is 25.7 Å². The van der Waals surface area contributed by atoms with Gasteiger partial charge in [-0.25, -0.2) is 4.79 Å². The molecule has 0 unspecified atom stereocenters. The normalized spacial score (nSPS) is 21.7. The summed E-state index contributed by atoms with van der Waals surface area (Å²) in [6, 6.07) is 7.33. The maximum atomic E-state index is 12.3. The number of carbonyl (C=O) groups excluding carboxylic acids is 2. The summed E-state index contributed by atoms with van der Waals surface area (Å²) in [5, 5.41) is 2.99. The summed E-state index contributed by atoms with van der Waals surface area (Å²) in [7, 11) is 0. The number of para-hydroxylation sites is 2. The highest BCUT2D eigenvalue weighted by atomic mass is 16.6. The molecule has 25 heavy (non-hydrogen) atoms. The maximum absolute atomic E-state index is 12.3. The van der Waals surface area contributed by atoms with Gasteiger partial charge in [0.15, 0.2) is 17.6 Å². The van der Waals surface area contributed by atoms with E-state index in [1.807, 2.05) is 6.07 Å². The fourth-order valence-corrected chi connectivity index (χ4v) is 3.18. The molecule has 1 aliphatic carbocycles. The summed E-state index contributed by atoms with van der Waals surface area (Å²) in [6.07, 6.45) is 4.97. The molecule has 0 radical (unpaired) electrons. The maximum Gasteiger partial charge on any atom is 0.351 e. The molecule has 1 aromatic carbocycles. The third kappa shape index (κ3) is 4.65. The van der Waals surface area contributed by atoms with Crippen LogP contribution in [0.1, 0.15) is 45.4 Å². The molecule has 6 heteroatoms. The molecule has 1 fully saturated rings. The second kappa shape index (κ2) is 8.23. The molecule has 2 atom stereocenters. The van der Waals surface area contributed by atoms with Gasteiger partial charge in [-0.05, 0) is 31.9 Å². The molecular weight excluding hydrogens is 322 g/mol. The van der Waals surface area contributed by atoms with Crippen LogP contribution in [0, 0.1) is 0 Å². The first-order valence-electron chi connectivity index (χ1n) is 9.03. The molecular formula is C19H25NO5. The molecule has 1 heterocycles. The third-order valence-electron chi connectivity index (χ3n) is 4.64. The first-order valence-corrected chi connectivity index (χ1v) is 9.03. The SMILES string of the molecule is C[C@@H](OC(=O)[C@@H]1COc2ccccc2O1)C(=O)NC1CCCCCC1. The Kier molecular flexibility index (Phi) is 5.79. The molecule has 6 nitrogen and oxygen atoms in total. The van der Waals surface area contributed by atoms with Gasteiger partial charge in [-0.3, -0.25) is 4.79 Å². The Balaban J connectivity index is 1.49. The molecule has 0 bridgehead atoms. The Morgan fingerprint density at radius 3 is 2.52 bits per heavy atom. The van der Waals surface area contributed by atoms with Crippen LogP contribution in [0.3, 0.4) is 0 Å². The van der Waals surface area contributed by atoms with Crippen LogP contribution in [-0.2, 0) is 14.3 Å². The van der Waals surface area contributed by atoms with E-state index in [9.17, 15) is 9.59 Å². The van der Waals surface area contributed by atoms with Gasteiger partial charge in [-0.1, -0.05) is 37.8 Å². The van der Waals surface area contributed by atoms with Gasteiger partial charge in [0.2, 0.25) is 6.10 Å². The summed E-state index contributed by atoms with van der Waals surface area (Å²) in [5.41, 5.74) is 0. The highest BCUT2D eigenvalue weighted by Crippen LogP contribution is 2.31. The van der Waals surface area contributed by atoms with E-state index in [0.29, 0.717) is 11.5 Å². The summed E-state index contributed by atoms with van der Waals surface area (Å²) in [5.74, 6) is 0.271. The minimum atomic E-state index is -0.858. The van der Waals surface area contributed by atoms with Crippen molar-refractivity contribution in [3.8, 4) is 11.5 Å². The van der Waals surface area contributed by atoms with Crippen molar-refractivity contribution in [3.63, 3.8) is 0 Å². The number of nitrogens with one attached hydrogen (secondary N) is 1. The zero-order valence-electron chi connectivity index (χ0n) is 14.5. The second-order valence-electron chi connectivity index (χ2n) is 6.64. The molecule has 0 spiro atoms. The molecule has 1 saturated carbocycles. The van der Waals surface area contributed by atoms with Gasteiger partial charge in [0.25, 0.3) is 5.91 Å². The van der Waals surface area contributed by atoms with Gasteiger partial charge < -0.3 is 19.5 Å². The molecule has 1 N–H and O–H groups in total. The quantitative estimate of drug-likeness (QED) is 0.669. The number of fused-ring (bicyclic) bond motifs is 1. The average molecular weight is 347 g/mol. The van der Waals surface area contributed by atoms with Crippen LogP contribution in [0.15, 0.2) is 24.3 Å². The van der Waals surface area contributed by atoms with E-state index in [-0.39, 0.29) is 18.6 Å². The predicted molar refractivity (Wildman–Crippen MR) is 91.5 cm³/mol. The fourth-order valence-electron chi connectivity index (χ4n) is 3.18. The first-order chi connectivity index (χ1) is 12.1. The van der Waals surface area contributed by atoms with Crippen molar-refractivity contribution >= 4 is 11.9 Å². The highest BCUT2D eigenvalue weighted by Gasteiger charge is 2.31. The summed E-state index contributed by atoms with van der Waals surface area (Å²) >= 11 is 0. The Labute approximate surface area is 147 Å². The van der Waals surface area contributed by atoms with Crippen LogP contribution in [-0.4, -0.2) is 36.7 Å². The van der Waals surface area contributed by atoms with Crippen LogP contribution >= 0.6 is 0 Å². The number of esters is 1. The number of ether oxygens (including phenoxy) is 3. The molecule has 136 valence electrons. The smallest absolute Gasteiger partial charge is 0.351 e. The van der Waals surface area contributed by atoms with Crippen molar-refractivity contribution in [2.45, 2.75) is 63.7 Å². The number of rotatable bonds is 4. The summed E-state index contributed by atoms with van der Waals surface area (Å²) in [6.45, 7) is 1.66. The average Bonchev–Trinajstić information content (AvgIpc) is 2.89. The van der Waals surface area contributed by atoms with E-state index in [1.54, 1.807) is 25.1 Å². The van der Waals surface area contributed by atoms with Crippen LogP contribution in [0.5, 0.6) is 11.5 Å². The zero-order valence-corrected chi connectivity index (χ0v) is 14.5. The lowest BCUT2D eigenvalue weighted by molar-refractivity contribution is -0.163. The van der Waals surface area contributed by atoms with Gasteiger partial charge in [0.05, 0.1) is 0 Å². The minimum Gasteiger partial charge on any atom is -0.485 e. The summed E-state index contributed by atoms with van der Waals surface area (Å²) in [4.78, 5) is 24.5. The van der Waals surface area contributed by atoms with Crippen LogP contribution in [0.4, 0.5) is 0 Å². The Bertz CT molecular complexity index is 610. The van der Waals surface area contributed by atoms with Crippen LogP contribution in [0.2, 0.25) is 0 Å². The first kappa shape index (κ1) is 17.6. The zero-order chi connectivity index (χ0) is 17.6. The lowest BCUT2D eigenvalue weighted by Crippen LogP contribution is -2.45. The van der Waals surface area contributed by atoms with Crippen molar-refractivity contribution in [3.05, 3.63) is 24.3 Å². The molecule has 1 amide bonds. The van der Waals surface area contributed by atoms with E-state index < -0.39 is 18.2 Å². The van der Waals surface area contributed by atoms with Crippen molar-refractivity contribution in [2.75, 3.05) is 6.61 Å². The van der Waals surface area contributed by atoms with Crippen LogP contribution < -0.4 is 14.8 Å². The number of carbonyl (C=O) groups is 2. The fraction of sp³-hybridized carbons (Fsp3) is 0.579. The lowest BCUT2D eigenvalue weighted by Gasteiger charge is -2.26. The predicted octanol–water partition coefficient (Wildman–Crippen LogP) is 2.60. The Morgan fingerprint density at radius 1 is 1.12 bits per heavy atom.